The molecule has 5 nitrogen and oxygen atoms in total. The summed E-state index contributed by atoms with van der Waals surface area (Å²) in [5.74, 6) is 0. The summed E-state index contributed by atoms with van der Waals surface area (Å²) < 4.78 is 7.52. The van der Waals surface area contributed by atoms with Gasteiger partial charge in [-0.25, -0.2) is 0 Å². The molecule has 102 heavy (non-hydrogen) atoms. The van der Waals surface area contributed by atoms with Crippen LogP contribution in [0.1, 0.15) is 79.0 Å². The maximum atomic E-state index is 2.71. The first-order valence-corrected chi connectivity index (χ1v) is 36.1. The molecule has 0 atom stereocenters. The van der Waals surface area contributed by atoms with Gasteiger partial charge in [0.15, 0.2) is 0 Å². The van der Waals surface area contributed by atoms with Crippen molar-refractivity contribution in [3.8, 4) is 50.4 Å². The molecule has 0 bridgehead atoms. The second-order valence-electron chi connectivity index (χ2n) is 31.3. The lowest BCUT2D eigenvalue weighted by molar-refractivity contribution is 0.590. The third-order valence-electron chi connectivity index (χ3n) is 22.0. The largest absolute Gasteiger partial charge is 0.311 e. The van der Waals surface area contributed by atoms with E-state index >= 15 is 0 Å². The molecule has 14 aromatic carbocycles. The minimum Gasteiger partial charge on any atom is -0.311 e. The molecule has 6 heteroatoms. The second-order valence-corrected chi connectivity index (χ2v) is 31.3. The standard InChI is InChI=1S/C96H78BN5/c1-94(2,3)67-44-51-79-73(56-67)74-57-68(95(4,5)6)45-52-80(74)100(79)72-46-47-77-88(60-72)102(87-40-26-38-85-92(87)76-54-65(62-29-17-11-18-30-62)42-49-82(76)99(85)71-35-23-14-24-36-71)90-59-69(96(7,8)9)58-89-93(90)97(77)78-55-66(63-31-19-12-20-32-63)43-50-83(78)101(89)86-39-25-37-84-91(86)75-53-64(61-27-15-10-16-28-61)41-48-81(75)98(84)70-33-21-13-22-34-70/h10-60H,1-9H3. The van der Waals surface area contributed by atoms with E-state index in [-0.39, 0.29) is 23.0 Å². The quantitative estimate of drug-likeness (QED) is 0.141. The molecule has 17 aromatic rings. The third kappa shape index (κ3) is 9.59. The molecule has 0 unspecified atom stereocenters. The molecule has 19 rings (SSSR count). The first-order valence-electron chi connectivity index (χ1n) is 36.1. The van der Waals surface area contributed by atoms with Crippen LogP contribution >= 0.6 is 0 Å². The highest BCUT2D eigenvalue weighted by Gasteiger charge is 2.46. The highest BCUT2D eigenvalue weighted by atomic mass is 15.2. The average molecular weight is 1310 g/mol. The molecular weight excluding hydrogens is 1230 g/mol. The first-order chi connectivity index (χ1) is 49.5. The van der Waals surface area contributed by atoms with E-state index in [1.165, 1.54) is 115 Å². The van der Waals surface area contributed by atoms with Gasteiger partial charge in [-0.2, -0.15) is 0 Å². The zero-order chi connectivity index (χ0) is 69.1. The van der Waals surface area contributed by atoms with Crippen LogP contribution in [-0.2, 0) is 16.2 Å². The van der Waals surface area contributed by atoms with Gasteiger partial charge in [0, 0.05) is 72.1 Å². The van der Waals surface area contributed by atoms with Gasteiger partial charge >= 0.3 is 0 Å². The Morgan fingerprint density at radius 1 is 0.225 bits per heavy atom. The number of benzene rings is 14. The molecule has 2 aliphatic rings. The molecule has 0 saturated heterocycles. The van der Waals surface area contributed by atoms with Crippen LogP contribution in [0.25, 0.3) is 116 Å². The van der Waals surface area contributed by atoms with Gasteiger partial charge in [0.25, 0.3) is 6.71 Å². The Kier molecular flexibility index (Phi) is 13.7. The summed E-state index contributed by atoms with van der Waals surface area (Å²) in [5.41, 5.74) is 31.6. The Morgan fingerprint density at radius 2 is 0.618 bits per heavy atom. The van der Waals surface area contributed by atoms with Gasteiger partial charge < -0.3 is 23.5 Å². The highest BCUT2D eigenvalue weighted by molar-refractivity contribution is 7.00. The van der Waals surface area contributed by atoms with E-state index in [1.54, 1.807) is 0 Å². The van der Waals surface area contributed by atoms with E-state index < -0.39 is 0 Å². The summed E-state index contributed by atoms with van der Waals surface area (Å²) in [5, 5.41) is 7.30. The summed E-state index contributed by atoms with van der Waals surface area (Å²) in [6.07, 6.45) is 0. The molecule has 0 amide bonds. The van der Waals surface area contributed by atoms with Crippen LogP contribution in [0, 0.1) is 0 Å². The predicted molar refractivity (Wildman–Crippen MR) is 436 cm³/mol. The monoisotopic (exact) mass is 1310 g/mol. The van der Waals surface area contributed by atoms with Crippen molar-refractivity contribution >= 4 is 123 Å². The highest BCUT2D eigenvalue weighted by Crippen LogP contribution is 2.53. The molecule has 490 valence electrons. The van der Waals surface area contributed by atoms with E-state index in [1.807, 2.05) is 0 Å². The number of rotatable bonds is 8. The minimum absolute atomic E-state index is 0.0487. The number of hydrogen-bond donors (Lipinski definition) is 0. The van der Waals surface area contributed by atoms with E-state index in [9.17, 15) is 0 Å². The van der Waals surface area contributed by atoms with Crippen molar-refractivity contribution in [1.29, 1.82) is 0 Å². The van der Waals surface area contributed by atoms with E-state index in [0.29, 0.717) is 0 Å². The van der Waals surface area contributed by atoms with E-state index in [2.05, 4.69) is 395 Å². The van der Waals surface area contributed by atoms with Gasteiger partial charge in [0.2, 0.25) is 0 Å². The Hall–Kier alpha value is -11.9. The Bertz CT molecular complexity index is 6170. The lowest BCUT2D eigenvalue weighted by Gasteiger charge is -2.45. The molecule has 0 N–H and O–H groups in total. The summed E-state index contributed by atoms with van der Waals surface area (Å²) >= 11 is 0. The lowest BCUT2D eigenvalue weighted by atomic mass is 9.33. The molecule has 5 heterocycles. The van der Waals surface area contributed by atoms with Crippen LogP contribution in [-0.4, -0.2) is 20.4 Å². The van der Waals surface area contributed by atoms with Crippen LogP contribution in [0.4, 0.5) is 34.1 Å². The molecule has 0 fully saturated rings. The van der Waals surface area contributed by atoms with Gasteiger partial charge in [0.1, 0.15) is 0 Å². The third-order valence-corrected chi connectivity index (χ3v) is 22.0. The fourth-order valence-electron chi connectivity index (χ4n) is 16.9. The number of hydrogen-bond acceptors (Lipinski definition) is 2. The maximum Gasteiger partial charge on any atom is 0.252 e. The van der Waals surface area contributed by atoms with Crippen molar-refractivity contribution in [2.24, 2.45) is 0 Å². The zero-order valence-electron chi connectivity index (χ0n) is 59.3. The molecular formula is C96H78BN5. The first kappa shape index (κ1) is 61.3. The van der Waals surface area contributed by atoms with Crippen molar-refractivity contribution in [2.45, 2.75) is 78.6 Å². The van der Waals surface area contributed by atoms with Crippen LogP contribution in [0.3, 0.4) is 0 Å². The Balaban J connectivity index is 0.962. The van der Waals surface area contributed by atoms with Crippen molar-refractivity contribution < 1.29 is 0 Å². The van der Waals surface area contributed by atoms with Crippen LogP contribution in [0.5, 0.6) is 0 Å². The fraction of sp³-hybridized carbons (Fsp3) is 0.125. The van der Waals surface area contributed by atoms with Crippen LogP contribution < -0.4 is 26.2 Å². The lowest BCUT2D eigenvalue weighted by Crippen LogP contribution is -2.61. The smallest absolute Gasteiger partial charge is 0.252 e. The van der Waals surface area contributed by atoms with E-state index in [4.69, 9.17) is 0 Å². The van der Waals surface area contributed by atoms with Gasteiger partial charge in [-0.15, -0.1) is 0 Å². The summed E-state index contributed by atoms with van der Waals surface area (Å²) in [6.45, 7) is 21.0. The van der Waals surface area contributed by atoms with Gasteiger partial charge in [0.05, 0.1) is 44.5 Å². The van der Waals surface area contributed by atoms with Gasteiger partial charge in [-0.05, 0) is 210 Å². The molecule has 2 aliphatic heterocycles. The summed E-state index contributed by atoms with van der Waals surface area (Å²) in [4.78, 5) is 5.37. The topological polar surface area (TPSA) is 21.3 Å². The number of para-hydroxylation sites is 2. The van der Waals surface area contributed by atoms with Gasteiger partial charge in [-0.3, -0.25) is 0 Å². The maximum absolute atomic E-state index is 2.71. The Labute approximate surface area is 597 Å². The molecule has 0 spiro atoms. The van der Waals surface area contributed by atoms with Crippen LogP contribution in [0.2, 0.25) is 0 Å². The van der Waals surface area contributed by atoms with E-state index in [0.717, 1.165) is 67.6 Å². The number of anilines is 6. The molecule has 3 aromatic heterocycles. The Morgan fingerprint density at radius 3 is 1.07 bits per heavy atom. The predicted octanol–water partition coefficient (Wildman–Crippen LogP) is 24.0. The molecule has 0 radical (unpaired) electrons. The van der Waals surface area contributed by atoms with Gasteiger partial charge in [-0.1, -0.05) is 244 Å². The zero-order valence-corrected chi connectivity index (χ0v) is 59.3. The van der Waals surface area contributed by atoms with Crippen LogP contribution in [0.15, 0.2) is 309 Å². The van der Waals surface area contributed by atoms with Crippen molar-refractivity contribution in [3.63, 3.8) is 0 Å². The molecule has 0 saturated carbocycles. The average Bonchev–Trinajstić information content (AvgIpc) is 1.19. The number of nitrogens with zero attached hydrogens (tertiary/aromatic N) is 5. The molecule has 0 aliphatic carbocycles. The van der Waals surface area contributed by atoms with Crippen molar-refractivity contribution in [3.05, 3.63) is 326 Å². The normalized spacial score (nSPS) is 13.1. The minimum atomic E-state index is -0.293. The SMILES string of the molecule is CC(C)(C)c1cc2c3c(c1)N(c1cccc4c1c1cc(-c5ccccc5)ccc1n4-c1ccccc1)c1cc(-n4c5ccc(C(C)(C)C)cc5c5cc(C(C)(C)C)ccc54)ccc1B3c1cc(-c3ccccc3)ccc1N2c1cccc2c1c1cc(-c3ccccc3)ccc1n2-c1ccccc1. The second kappa shape index (κ2) is 22.8. The van der Waals surface area contributed by atoms with Crippen molar-refractivity contribution in [1.82, 2.24) is 13.7 Å². The fourth-order valence-corrected chi connectivity index (χ4v) is 16.9. The van der Waals surface area contributed by atoms with Crippen molar-refractivity contribution in [2.75, 3.05) is 9.80 Å². The summed E-state index contributed by atoms with van der Waals surface area (Å²) in [7, 11) is 0. The summed E-state index contributed by atoms with van der Waals surface area (Å²) in [6, 6.07) is 117. The number of aromatic nitrogens is 3. The number of fused-ring (bicyclic) bond motifs is 13.